The van der Waals surface area contributed by atoms with Crippen molar-refractivity contribution in [2.45, 2.75) is 6.42 Å². The third-order valence-corrected chi connectivity index (χ3v) is 5.22. The molecule has 0 aliphatic carbocycles. The fourth-order valence-corrected chi connectivity index (χ4v) is 3.40. The van der Waals surface area contributed by atoms with Crippen molar-refractivity contribution < 1.29 is 4.79 Å². The van der Waals surface area contributed by atoms with E-state index in [9.17, 15) is 4.79 Å². The summed E-state index contributed by atoms with van der Waals surface area (Å²) in [6.07, 6.45) is 2.29. The van der Waals surface area contributed by atoms with E-state index < -0.39 is 0 Å². The molecule has 0 saturated heterocycles. The molecule has 0 fully saturated rings. The number of carbonyl (C=O) groups is 1. The minimum absolute atomic E-state index is 0.272. The van der Waals surface area contributed by atoms with Crippen molar-refractivity contribution in [3.63, 3.8) is 0 Å². The van der Waals surface area contributed by atoms with Gasteiger partial charge in [-0.1, -0.05) is 35.3 Å². The van der Waals surface area contributed by atoms with Gasteiger partial charge in [0.1, 0.15) is 0 Å². The Hall–Kier alpha value is -2.39. The number of benzene rings is 2. The molecule has 0 spiro atoms. The Balaban J connectivity index is 1.70. The van der Waals surface area contributed by atoms with Gasteiger partial charge < -0.3 is 0 Å². The highest BCUT2D eigenvalue weighted by Crippen LogP contribution is 2.29. The summed E-state index contributed by atoms with van der Waals surface area (Å²) in [4.78, 5) is 17.4. The topological polar surface area (TPSA) is 65.8 Å². The zero-order chi connectivity index (χ0) is 17.8. The molecule has 1 N–H and O–H groups in total. The van der Waals surface area contributed by atoms with E-state index in [2.05, 4.69) is 10.3 Å². The maximum Gasteiger partial charge on any atom is 0.257 e. The number of rotatable bonds is 4. The van der Waals surface area contributed by atoms with Gasteiger partial charge >= 0.3 is 0 Å². The highest BCUT2D eigenvalue weighted by molar-refractivity contribution is 7.15. The summed E-state index contributed by atoms with van der Waals surface area (Å²) in [5, 5.41) is 13.1. The molecule has 124 valence electrons. The van der Waals surface area contributed by atoms with Gasteiger partial charge in [0.05, 0.1) is 21.7 Å². The van der Waals surface area contributed by atoms with Crippen molar-refractivity contribution in [1.29, 1.82) is 5.26 Å². The number of aromatic nitrogens is 1. The molecule has 2 aromatic carbocycles. The Morgan fingerprint density at radius 2 is 1.96 bits per heavy atom. The number of hydrogen-bond acceptors (Lipinski definition) is 4. The van der Waals surface area contributed by atoms with Crippen LogP contribution in [0.3, 0.4) is 0 Å². The van der Waals surface area contributed by atoms with E-state index in [-0.39, 0.29) is 5.91 Å². The van der Waals surface area contributed by atoms with Gasteiger partial charge in [-0.25, -0.2) is 4.98 Å². The number of carbonyl (C=O) groups excluding carboxylic acids is 1. The number of anilines is 1. The lowest BCUT2D eigenvalue weighted by Crippen LogP contribution is -2.11. The second-order valence-corrected chi connectivity index (χ2v) is 7.07. The monoisotopic (exact) mass is 387 g/mol. The van der Waals surface area contributed by atoms with Gasteiger partial charge in [-0.15, -0.1) is 11.3 Å². The number of nitriles is 1. The first-order valence-corrected chi connectivity index (χ1v) is 8.83. The van der Waals surface area contributed by atoms with Gasteiger partial charge in [-0.2, -0.15) is 5.26 Å². The molecular weight excluding hydrogens is 377 g/mol. The third-order valence-electron chi connectivity index (χ3n) is 3.45. The molecule has 25 heavy (non-hydrogen) atoms. The smallest absolute Gasteiger partial charge is 0.257 e. The molecule has 3 rings (SSSR count). The Morgan fingerprint density at radius 1 is 1.20 bits per heavy atom. The number of amides is 1. The lowest BCUT2D eigenvalue weighted by molar-refractivity contribution is 0.102. The average molecular weight is 388 g/mol. The molecule has 1 heterocycles. The van der Waals surface area contributed by atoms with E-state index in [1.165, 1.54) is 11.3 Å². The summed E-state index contributed by atoms with van der Waals surface area (Å²) in [6.45, 7) is 0. The van der Waals surface area contributed by atoms with Gasteiger partial charge in [-0.05, 0) is 35.9 Å². The van der Waals surface area contributed by atoms with Crippen LogP contribution in [0, 0.1) is 11.3 Å². The second kappa shape index (κ2) is 7.66. The number of halogens is 2. The number of nitrogens with one attached hydrogen (secondary N) is 1. The first kappa shape index (κ1) is 17.4. The van der Waals surface area contributed by atoms with E-state index in [1.807, 2.05) is 18.2 Å². The Bertz CT molecular complexity index is 961. The zero-order valence-corrected chi connectivity index (χ0v) is 15.1. The SMILES string of the molecule is N#Cc1ccc(C(=O)Nc2ncc(Cc3cccc(Cl)c3Cl)s2)cc1. The first-order chi connectivity index (χ1) is 12.1. The van der Waals surface area contributed by atoms with Crippen molar-refractivity contribution in [2.75, 3.05) is 5.32 Å². The van der Waals surface area contributed by atoms with Crippen LogP contribution in [0.5, 0.6) is 0 Å². The van der Waals surface area contributed by atoms with Crippen LogP contribution in [0.2, 0.25) is 10.0 Å². The lowest BCUT2D eigenvalue weighted by Gasteiger charge is -2.03. The van der Waals surface area contributed by atoms with E-state index in [0.29, 0.717) is 32.7 Å². The fraction of sp³-hybridized carbons (Fsp3) is 0.0556. The molecule has 0 saturated carbocycles. The maximum absolute atomic E-state index is 12.2. The molecule has 0 bridgehead atoms. The van der Waals surface area contributed by atoms with Gasteiger partial charge in [-0.3, -0.25) is 10.1 Å². The summed E-state index contributed by atoms with van der Waals surface area (Å²) in [6, 6.07) is 13.9. The largest absolute Gasteiger partial charge is 0.298 e. The van der Waals surface area contributed by atoms with E-state index in [1.54, 1.807) is 36.5 Å². The summed E-state index contributed by atoms with van der Waals surface area (Å²) >= 11 is 13.6. The third kappa shape index (κ3) is 4.18. The summed E-state index contributed by atoms with van der Waals surface area (Å²) < 4.78 is 0. The quantitative estimate of drug-likeness (QED) is 0.671. The Labute approximate surface area is 158 Å². The van der Waals surface area contributed by atoms with Gasteiger partial charge in [0.2, 0.25) is 0 Å². The van der Waals surface area contributed by atoms with E-state index >= 15 is 0 Å². The highest BCUT2D eigenvalue weighted by atomic mass is 35.5. The van der Waals surface area contributed by atoms with Gasteiger partial charge in [0.15, 0.2) is 5.13 Å². The summed E-state index contributed by atoms with van der Waals surface area (Å²) in [5.41, 5.74) is 1.88. The molecule has 0 aliphatic heterocycles. The van der Waals surface area contributed by atoms with Crippen LogP contribution in [0.4, 0.5) is 5.13 Å². The zero-order valence-electron chi connectivity index (χ0n) is 12.8. The van der Waals surface area contributed by atoms with Crippen LogP contribution in [0.15, 0.2) is 48.7 Å². The van der Waals surface area contributed by atoms with Gasteiger partial charge in [0, 0.05) is 23.1 Å². The van der Waals surface area contributed by atoms with E-state index in [4.69, 9.17) is 28.5 Å². The van der Waals surface area contributed by atoms with Crippen LogP contribution in [0.1, 0.15) is 26.4 Å². The van der Waals surface area contributed by atoms with Gasteiger partial charge in [0.25, 0.3) is 5.91 Å². The van der Waals surface area contributed by atoms with Crippen LogP contribution >= 0.6 is 34.5 Å². The number of thiazole rings is 1. The predicted molar refractivity (Wildman–Crippen MR) is 100 cm³/mol. The summed E-state index contributed by atoms with van der Waals surface area (Å²) in [7, 11) is 0. The van der Waals surface area contributed by atoms with Crippen LogP contribution in [-0.4, -0.2) is 10.9 Å². The normalized spacial score (nSPS) is 10.3. The molecule has 0 radical (unpaired) electrons. The predicted octanol–water partition coefficient (Wildman–Crippen LogP) is 5.16. The molecule has 4 nitrogen and oxygen atoms in total. The van der Waals surface area contributed by atoms with Crippen LogP contribution in [-0.2, 0) is 6.42 Å². The molecule has 0 unspecified atom stereocenters. The van der Waals surface area contributed by atoms with Crippen molar-refractivity contribution in [3.05, 3.63) is 80.3 Å². The lowest BCUT2D eigenvalue weighted by atomic mass is 10.1. The minimum Gasteiger partial charge on any atom is -0.298 e. The second-order valence-electron chi connectivity index (χ2n) is 5.16. The molecule has 1 amide bonds. The average Bonchev–Trinajstić information content (AvgIpc) is 3.06. The molecular formula is C18H11Cl2N3OS. The standard InChI is InChI=1S/C18H11Cl2N3OS/c19-15-3-1-2-13(16(15)20)8-14-10-22-18(25-14)23-17(24)12-6-4-11(9-21)5-7-12/h1-7,10H,8H2,(H,22,23,24). The van der Waals surface area contributed by atoms with Crippen LogP contribution < -0.4 is 5.32 Å². The Kier molecular flexibility index (Phi) is 5.34. The minimum atomic E-state index is -0.272. The first-order valence-electron chi connectivity index (χ1n) is 7.26. The number of hydrogen-bond donors (Lipinski definition) is 1. The van der Waals surface area contributed by atoms with Crippen molar-refractivity contribution in [3.8, 4) is 6.07 Å². The molecule has 3 aromatic rings. The maximum atomic E-state index is 12.2. The molecule has 1 aromatic heterocycles. The number of nitrogens with zero attached hydrogens (tertiary/aromatic N) is 2. The molecule has 7 heteroatoms. The fourth-order valence-electron chi connectivity index (χ4n) is 2.19. The Morgan fingerprint density at radius 3 is 2.68 bits per heavy atom. The highest BCUT2D eigenvalue weighted by Gasteiger charge is 2.11. The van der Waals surface area contributed by atoms with Crippen molar-refractivity contribution in [1.82, 2.24) is 4.98 Å². The van der Waals surface area contributed by atoms with Crippen LogP contribution in [0.25, 0.3) is 0 Å². The van der Waals surface area contributed by atoms with Crippen molar-refractivity contribution >= 4 is 45.6 Å². The molecule has 0 atom stereocenters. The summed E-state index contributed by atoms with van der Waals surface area (Å²) in [5.74, 6) is -0.272. The van der Waals surface area contributed by atoms with Crippen molar-refractivity contribution in [2.24, 2.45) is 0 Å². The van der Waals surface area contributed by atoms with E-state index in [0.717, 1.165) is 10.4 Å². The molecule has 0 aliphatic rings.